The number of benzene rings is 2. The Morgan fingerprint density at radius 1 is 1.23 bits per heavy atom. The first kappa shape index (κ1) is 17.8. The number of hydrogen-bond donors (Lipinski definition) is 3. The van der Waals surface area contributed by atoms with Crippen LogP contribution in [0.3, 0.4) is 0 Å². The van der Waals surface area contributed by atoms with E-state index in [-0.39, 0.29) is 17.4 Å². The van der Waals surface area contributed by atoms with E-state index in [0.29, 0.717) is 5.75 Å². The van der Waals surface area contributed by atoms with Crippen molar-refractivity contribution in [2.75, 3.05) is 10.6 Å². The Labute approximate surface area is 152 Å². The lowest BCUT2D eigenvalue weighted by Crippen LogP contribution is -2.35. The first-order valence-electron chi connectivity index (χ1n) is 8.42. The third-order valence-corrected chi connectivity index (χ3v) is 4.55. The molecule has 1 aliphatic heterocycles. The van der Waals surface area contributed by atoms with Gasteiger partial charge in [-0.3, -0.25) is 4.79 Å². The maximum atomic E-state index is 11.3. The molecule has 1 aliphatic rings. The van der Waals surface area contributed by atoms with Crippen LogP contribution < -0.4 is 15.4 Å². The second-order valence-corrected chi connectivity index (χ2v) is 7.24. The molecule has 1 unspecified atom stereocenters. The monoisotopic (exact) mass is 354 g/mol. The topological polar surface area (TPSA) is 87.7 Å². The maximum absolute atomic E-state index is 11.3. The molecule has 6 heteroatoms. The average Bonchev–Trinajstić information content (AvgIpc) is 2.52. The molecule has 0 fully saturated rings. The van der Waals surface area contributed by atoms with Gasteiger partial charge in [-0.05, 0) is 53.3 Å². The highest BCUT2D eigenvalue weighted by Gasteiger charge is 2.36. The predicted octanol–water partition coefficient (Wildman–Crippen LogP) is 4.44. The third kappa shape index (κ3) is 3.79. The molecule has 26 heavy (non-hydrogen) atoms. The molecular formula is C20H22N2O4. The number of nitrogens with one attached hydrogen (secondary N) is 2. The second kappa shape index (κ2) is 6.71. The van der Waals surface area contributed by atoms with Crippen molar-refractivity contribution < 1.29 is 19.4 Å². The molecule has 136 valence electrons. The lowest BCUT2D eigenvalue weighted by Gasteiger charge is -2.41. The Bertz CT molecular complexity index is 861. The average molecular weight is 354 g/mol. The summed E-state index contributed by atoms with van der Waals surface area (Å²) < 4.78 is 4.76. The van der Waals surface area contributed by atoms with E-state index in [1.54, 1.807) is 12.1 Å². The summed E-state index contributed by atoms with van der Waals surface area (Å²) in [5, 5.41) is 15.2. The van der Waals surface area contributed by atoms with E-state index in [1.807, 2.05) is 30.3 Å². The summed E-state index contributed by atoms with van der Waals surface area (Å²) in [6, 6.07) is 13.1. The van der Waals surface area contributed by atoms with Crippen LogP contribution >= 0.6 is 0 Å². The Morgan fingerprint density at radius 2 is 2.00 bits per heavy atom. The van der Waals surface area contributed by atoms with Crippen LogP contribution in [-0.2, 0) is 11.2 Å². The molecule has 0 saturated carbocycles. The number of carboxylic acid groups (broad SMARTS) is 1. The highest BCUT2D eigenvalue weighted by atomic mass is 16.7. The third-order valence-electron chi connectivity index (χ3n) is 4.55. The zero-order valence-electron chi connectivity index (χ0n) is 15.0. The minimum Gasteiger partial charge on any atom is -0.449 e. The fourth-order valence-corrected chi connectivity index (χ4v) is 3.50. The van der Waals surface area contributed by atoms with E-state index in [2.05, 4.69) is 24.5 Å². The normalized spacial score (nSPS) is 17.6. The van der Waals surface area contributed by atoms with E-state index in [1.165, 1.54) is 6.92 Å². The summed E-state index contributed by atoms with van der Waals surface area (Å²) in [5.41, 5.74) is 3.70. The summed E-state index contributed by atoms with van der Waals surface area (Å²) in [4.78, 5) is 22.1. The van der Waals surface area contributed by atoms with Gasteiger partial charge in [0.15, 0.2) is 0 Å². The van der Waals surface area contributed by atoms with Crippen LogP contribution in [-0.4, -0.2) is 17.2 Å². The summed E-state index contributed by atoms with van der Waals surface area (Å²) in [6.07, 6.45) is -0.554. The molecule has 6 nitrogen and oxygen atoms in total. The molecule has 3 rings (SSSR count). The summed E-state index contributed by atoms with van der Waals surface area (Å²) >= 11 is 0. The van der Waals surface area contributed by atoms with Crippen molar-refractivity contribution in [1.82, 2.24) is 0 Å². The number of carbonyl (C=O) groups is 2. The van der Waals surface area contributed by atoms with Gasteiger partial charge in [-0.15, -0.1) is 0 Å². The number of hydrogen-bond acceptors (Lipinski definition) is 4. The molecule has 1 heterocycles. The van der Waals surface area contributed by atoms with Crippen molar-refractivity contribution in [3.63, 3.8) is 0 Å². The Morgan fingerprint density at radius 3 is 2.69 bits per heavy atom. The molecule has 3 N–H and O–H groups in total. The smallest absolute Gasteiger partial charge is 0.449 e. The van der Waals surface area contributed by atoms with Crippen molar-refractivity contribution in [3.8, 4) is 5.75 Å². The Hall–Kier alpha value is -3.02. The molecule has 2 aromatic carbocycles. The summed E-state index contributed by atoms with van der Waals surface area (Å²) in [6.45, 7) is 5.80. The number of ether oxygens (including phenoxy) is 1. The van der Waals surface area contributed by atoms with Crippen LogP contribution in [0, 0.1) is 5.41 Å². The second-order valence-electron chi connectivity index (χ2n) is 7.24. The van der Waals surface area contributed by atoms with Crippen LogP contribution in [0.25, 0.3) is 0 Å². The van der Waals surface area contributed by atoms with Crippen LogP contribution in [0.2, 0.25) is 0 Å². The standard InChI is InChI=1S/C20H22N2O4/c1-12(23)21-15-6-4-5-13(9-15)18-20(2,3)11-14-10-16(26-19(24)25)7-8-17(14)22-18/h4-10,18,22H,11H2,1-3H3,(H,21,23)(H,24,25). The van der Waals surface area contributed by atoms with Gasteiger partial charge in [0.05, 0.1) is 6.04 Å². The Balaban J connectivity index is 1.91. The van der Waals surface area contributed by atoms with Gasteiger partial charge in [0.2, 0.25) is 5.91 Å². The largest absolute Gasteiger partial charge is 0.511 e. The fourth-order valence-electron chi connectivity index (χ4n) is 3.50. The van der Waals surface area contributed by atoms with Gasteiger partial charge in [-0.2, -0.15) is 0 Å². The van der Waals surface area contributed by atoms with Gasteiger partial charge in [0, 0.05) is 18.3 Å². The van der Waals surface area contributed by atoms with E-state index in [4.69, 9.17) is 9.84 Å². The highest BCUT2D eigenvalue weighted by Crippen LogP contribution is 2.45. The predicted molar refractivity (Wildman–Crippen MR) is 99.7 cm³/mol. The maximum Gasteiger partial charge on any atom is 0.511 e. The molecule has 0 spiro atoms. The van der Waals surface area contributed by atoms with Gasteiger partial charge < -0.3 is 20.5 Å². The fraction of sp³-hybridized carbons (Fsp3) is 0.300. The van der Waals surface area contributed by atoms with E-state index in [9.17, 15) is 9.59 Å². The first-order chi connectivity index (χ1) is 12.2. The van der Waals surface area contributed by atoms with Crippen LogP contribution in [0.5, 0.6) is 5.75 Å². The molecule has 1 amide bonds. The zero-order valence-corrected chi connectivity index (χ0v) is 15.0. The molecule has 2 aromatic rings. The molecule has 0 aromatic heterocycles. The van der Waals surface area contributed by atoms with Gasteiger partial charge in [-0.25, -0.2) is 4.79 Å². The van der Waals surface area contributed by atoms with Crippen molar-refractivity contribution in [2.24, 2.45) is 5.41 Å². The summed E-state index contributed by atoms with van der Waals surface area (Å²) in [7, 11) is 0. The van der Waals surface area contributed by atoms with Crippen LogP contribution in [0.1, 0.15) is 37.9 Å². The molecule has 0 bridgehead atoms. The van der Waals surface area contributed by atoms with Crippen molar-refractivity contribution in [3.05, 3.63) is 53.6 Å². The molecule has 1 atom stereocenters. The summed E-state index contributed by atoms with van der Waals surface area (Å²) in [5.74, 6) is 0.217. The van der Waals surface area contributed by atoms with Gasteiger partial charge >= 0.3 is 6.16 Å². The van der Waals surface area contributed by atoms with E-state index >= 15 is 0 Å². The quantitative estimate of drug-likeness (QED) is 0.560. The molecular weight excluding hydrogens is 332 g/mol. The van der Waals surface area contributed by atoms with Crippen LogP contribution in [0.15, 0.2) is 42.5 Å². The van der Waals surface area contributed by atoms with Gasteiger partial charge in [0.25, 0.3) is 0 Å². The van der Waals surface area contributed by atoms with Crippen LogP contribution in [0.4, 0.5) is 16.2 Å². The first-order valence-corrected chi connectivity index (χ1v) is 8.42. The number of amides is 1. The van der Waals surface area contributed by atoms with E-state index in [0.717, 1.165) is 28.9 Å². The molecule has 0 aliphatic carbocycles. The van der Waals surface area contributed by atoms with Crippen molar-refractivity contribution in [1.29, 1.82) is 0 Å². The van der Waals surface area contributed by atoms with Crippen molar-refractivity contribution >= 4 is 23.4 Å². The molecule has 0 radical (unpaired) electrons. The number of carbonyl (C=O) groups excluding carboxylic acids is 1. The number of anilines is 2. The minimum absolute atomic E-state index is 0.0509. The highest BCUT2D eigenvalue weighted by molar-refractivity contribution is 5.88. The molecule has 0 saturated heterocycles. The van der Waals surface area contributed by atoms with Gasteiger partial charge in [0.1, 0.15) is 5.75 Å². The lowest BCUT2D eigenvalue weighted by atomic mass is 9.73. The Kier molecular flexibility index (Phi) is 4.59. The van der Waals surface area contributed by atoms with Gasteiger partial charge in [-0.1, -0.05) is 26.0 Å². The SMILES string of the molecule is CC(=O)Nc1cccc(C2Nc3ccc(OC(=O)O)cc3CC2(C)C)c1. The minimum atomic E-state index is -1.32. The van der Waals surface area contributed by atoms with Crippen molar-refractivity contribution in [2.45, 2.75) is 33.2 Å². The number of rotatable bonds is 3. The lowest BCUT2D eigenvalue weighted by molar-refractivity contribution is -0.114. The number of fused-ring (bicyclic) bond motifs is 1. The zero-order chi connectivity index (χ0) is 18.9. The van der Waals surface area contributed by atoms with E-state index < -0.39 is 6.16 Å².